The summed E-state index contributed by atoms with van der Waals surface area (Å²) in [6.45, 7) is 2.28. The Morgan fingerprint density at radius 3 is 2.54 bits per heavy atom. The van der Waals surface area contributed by atoms with Crippen molar-refractivity contribution in [1.29, 1.82) is 5.26 Å². The van der Waals surface area contributed by atoms with Crippen LogP contribution in [0, 0.1) is 11.3 Å². The molecule has 0 bridgehead atoms. The molecule has 0 atom stereocenters. The zero-order chi connectivity index (χ0) is 9.52. The molecule has 1 aromatic rings. The number of hydrogen-bond acceptors (Lipinski definition) is 3. The van der Waals surface area contributed by atoms with Gasteiger partial charge in [0.1, 0.15) is 0 Å². The van der Waals surface area contributed by atoms with E-state index in [-0.39, 0.29) is 0 Å². The van der Waals surface area contributed by atoms with Crippen LogP contribution in [-0.4, -0.2) is 13.1 Å². The average molecular weight is 175 g/mol. The average Bonchev–Trinajstić information content (AvgIpc) is 2.19. The van der Waals surface area contributed by atoms with Crippen LogP contribution < -0.4 is 11.1 Å². The highest BCUT2D eigenvalue weighted by Crippen LogP contribution is 2.02. The third-order valence-electron chi connectivity index (χ3n) is 1.73. The second kappa shape index (κ2) is 5.31. The van der Waals surface area contributed by atoms with Gasteiger partial charge in [0.15, 0.2) is 0 Å². The van der Waals surface area contributed by atoms with Crippen molar-refractivity contribution in [3.8, 4) is 6.07 Å². The van der Waals surface area contributed by atoms with E-state index in [1.165, 1.54) is 5.56 Å². The molecule has 0 aromatic heterocycles. The first-order valence-electron chi connectivity index (χ1n) is 4.26. The Kier molecular flexibility index (Phi) is 3.97. The molecule has 0 aliphatic heterocycles. The van der Waals surface area contributed by atoms with Crippen molar-refractivity contribution in [3.63, 3.8) is 0 Å². The molecule has 0 radical (unpaired) electrons. The highest BCUT2D eigenvalue weighted by molar-refractivity contribution is 5.31. The third kappa shape index (κ3) is 3.24. The Morgan fingerprint density at radius 1 is 1.31 bits per heavy atom. The zero-order valence-electron chi connectivity index (χ0n) is 7.46. The van der Waals surface area contributed by atoms with Gasteiger partial charge in [-0.1, -0.05) is 12.1 Å². The molecule has 0 spiro atoms. The Labute approximate surface area is 78.2 Å². The van der Waals surface area contributed by atoms with Gasteiger partial charge in [0, 0.05) is 19.6 Å². The van der Waals surface area contributed by atoms with E-state index in [4.69, 9.17) is 11.0 Å². The summed E-state index contributed by atoms with van der Waals surface area (Å²) in [6, 6.07) is 9.61. The molecule has 0 heterocycles. The lowest BCUT2D eigenvalue weighted by molar-refractivity contribution is 0.695. The molecule has 0 aliphatic rings. The standard InChI is InChI=1S/C10H13N3/c11-5-6-13-8-10-3-1-9(7-12)2-4-10/h1-4,13H,5-6,8,11H2. The molecule has 0 unspecified atom stereocenters. The molecule has 0 saturated carbocycles. The molecule has 3 nitrogen and oxygen atoms in total. The number of nitrogens with two attached hydrogens (primary N) is 1. The van der Waals surface area contributed by atoms with Crippen LogP contribution in [0.25, 0.3) is 0 Å². The van der Waals surface area contributed by atoms with Gasteiger partial charge in [-0.3, -0.25) is 0 Å². The van der Waals surface area contributed by atoms with E-state index in [9.17, 15) is 0 Å². The van der Waals surface area contributed by atoms with E-state index < -0.39 is 0 Å². The van der Waals surface area contributed by atoms with Gasteiger partial charge in [0.25, 0.3) is 0 Å². The molecule has 1 rings (SSSR count). The second-order valence-corrected chi connectivity index (χ2v) is 2.77. The first-order chi connectivity index (χ1) is 6.36. The van der Waals surface area contributed by atoms with Gasteiger partial charge in [-0.15, -0.1) is 0 Å². The van der Waals surface area contributed by atoms with Gasteiger partial charge in [-0.25, -0.2) is 0 Å². The lowest BCUT2D eigenvalue weighted by Gasteiger charge is -2.02. The summed E-state index contributed by atoms with van der Waals surface area (Å²) in [5.74, 6) is 0. The van der Waals surface area contributed by atoms with E-state index in [1.54, 1.807) is 0 Å². The van der Waals surface area contributed by atoms with Crippen molar-refractivity contribution in [3.05, 3.63) is 35.4 Å². The Morgan fingerprint density at radius 2 is 2.00 bits per heavy atom. The summed E-state index contributed by atoms with van der Waals surface area (Å²) < 4.78 is 0. The van der Waals surface area contributed by atoms with Gasteiger partial charge >= 0.3 is 0 Å². The van der Waals surface area contributed by atoms with E-state index in [0.29, 0.717) is 12.1 Å². The van der Waals surface area contributed by atoms with Gasteiger partial charge in [0.05, 0.1) is 11.6 Å². The number of rotatable bonds is 4. The fourth-order valence-electron chi connectivity index (χ4n) is 1.03. The summed E-state index contributed by atoms with van der Waals surface area (Å²) in [5.41, 5.74) is 7.20. The van der Waals surface area contributed by atoms with Crippen LogP contribution >= 0.6 is 0 Å². The second-order valence-electron chi connectivity index (χ2n) is 2.77. The normalized spacial score (nSPS) is 9.54. The van der Waals surface area contributed by atoms with E-state index in [2.05, 4.69) is 11.4 Å². The van der Waals surface area contributed by atoms with E-state index >= 15 is 0 Å². The minimum Gasteiger partial charge on any atom is -0.329 e. The van der Waals surface area contributed by atoms with Crippen LogP contribution in [0.4, 0.5) is 0 Å². The summed E-state index contributed by atoms with van der Waals surface area (Å²) in [6.07, 6.45) is 0. The first kappa shape index (κ1) is 9.72. The fraction of sp³-hybridized carbons (Fsp3) is 0.300. The lowest BCUT2D eigenvalue weighted by Crippen LogP contribution is -2.21. The van der Waals surface area contributed by atoms with Crippen LogP contribution in [0.3, 0.4) is 0 Å². The maximum Gasteiger partial charge on any atom is 0.0991 e. The minimum absolute atomic E-state index is 0.649. The smallest absolute Gasteiger partial charge is 0.0991 e. The minimum atomic E-state index is 0.649. The van der Waals surface area contributed by atoms with Crippen molar-refractivity contribution < 1.29 is 0 Å². The maximum absolute atomic E-state index is 8.56. The van der Waals surface area contributed by atoms with Crippen molar-refractivity contribution in [2.45, 2.75) is 6.54 Å². The third-order valence-corrected chi connectivity index (χ3v) is 1.73. The Bertz CT molecular complexity index is 284. The van der Waals surface area contributed by atoms with Crippen LogP contribution in [0.2, 0.25) is 0 Å². The molecule has 0 saturated heterocycles. The fourth-order valence-corrected chi connectivity index (χ4v) is 1.03. The van der Waals surface area contributed by atoms with Crippen molar-refractivity contribution in [2.24, 2.45) is 5.73 Å². The molecule has 0 aliphatic carbocycles. The zero-order valence-corrected chi connectivity index (χ0v) is 7.46. The van der Waals surface area contributed by atoms with Crippen LogP contribution in [0.1, 0.15) is 11.1 Å². The summed E-state index contributed by atoms with van der Waals surface area (Å²) in [4.78, 5) is 0. The number of nitrogens with one attached hydrogen (secondary N) is 1. The number of hydrogen-bond donors (Lipinski definition) is 2. The number of benzene rings is 1. The van der Waals surface area contributed by atoms with Gasteiger partial charge < -0.3 is 11.1 Å². The van der Waals surface area contributed by atoms with Crippen LogP contribution in [0.5, 0.6) is 0 Å². The summed E-state index contributed by atoms with van der Waals surface area (Å²) in [5, 5.41) is 11.7. The quantitative estimate of drug-likeness (QED) is 0.659. The Balaban J connectivity index is 2.46. The summed E-state index contributed by atoms with van der Waals surface area (Å²) >= 11 is 0. The molecule has 3 heteroatoms. The van der Waals surface area contributed by atoms with Crippen LogP contribution in [0.15, 0.2) is 24.3 Å². The summed E-state index contributed by atoms with van der Waals surface area (Å²) in [7, 11) is 0. The molecule has 0 amide bonds. The lowest BCUT2D eigenvalue weighted by atomic mass is 10.1. The SMILES string of the molecule is N#Cc1ccc(CNCCN)cc1. The molecular weight excluding hydrogens is 162 g/mol. The van der Waals surface area contributed by atoms with Gasteiger partial charge in [0.2, 0.25) is 0 Å². The Hall–Kier alpha value is -1.37. The van der Waals surface area contributed by atoms with Gasteiger partial charge in [-0.2, -0.15) is 5.26 Å². The maximum atomic E-state index is 8.56. The molecular formula is C10H13N3. The molecule has 68 valence electrons. The topological polar surface area (TPSA) is 61.8 Å². The largest absolute Gasteiger partial charge is 0.329 e. The molecule has 0 fully saturated rings. The monoisotopic (exact) mass is 175 g/mol. The van der Waals surface area contributed by atoms with Crippen molar-refractivity contribution in [2.75, 3.05) is 13.1 Å². The highest BCUT2D eigenvalue weighted by atomic mass is 14.9. The predicted octanol–water partition coefficient (Wildman–Crippen LogP) is 0.607. The van der Waals surface area contributed by atoms with Gasteiger partial charge in [-0.05, 0) is 17.7 Å². The highest BCUT2D eigenvalue weighted by Gasteiger charge is 1.92. The van der Waals surface area contributed by atoms with E-state index in [1.807, 2.05) is 24.3 Å². The predicted molar refractivity (Wildman–Crippen MR) is 51.9 cm³/mol. The molecule has 1 aromatic carbocycles. The van der Waals surface area contributed by atoms with Crippen molar-refractivity contribution in [1.82, 2.24) is 5.32 Å². The van der Waals surface area contributed by atoms with E-state index in [0.717, 1.165) is 13.1 Å². The van der Waals surface area contributed by atoms with Crippen molar-refractivity contribution >= 4 is 0 Å². The molecule has 3 N–H and O–H groups in total. The first-order valence-corrected chi connectivity index (χ1v) is 4.26. The number of nitriles is 1. The number of nitrogens with zero attached hydrogens (tertiary/aromatic N) is 1. The molecule has 13 heavy (non-hydrogen) atoms. The van der Waals surface area contributed by atoms with Crippen LogP contribution in [-0.2, 0) is 6.54 Å².